The Balaban J connectivity index is 0.000000293. The van der Waals surface area contributed by atoms with Crippen LogP contribution in [0.3, 0.4) is 0 Å². The molecule has 1 amide bonds. The monoisotopic (exact) mass is 242 g/mol. The maximum absolute atomic E-state index is 10.6. The zero-order chi connectivity index (χ0) is 13.0. The fourth-order valence-corrected chi connectivity index (χ4v) is 1.25. The molecule has 0 heterocycles. The van der Waals surface area contributed by atoms with E-state index in [4.69, 9.17) is 21.4 Å². The van der Waals surface area contributed by atoms with Crippen LogP contribution in [0.2, 0.25) is 0 Å². The molecule has 5 N–H and O–H groups in total. The van der Waals surface area contributed by atoms with E-state index in [1.54, 1.807) is 0 Å². The Kier molecular flexibility index (Phi) is 4.73. The standard InChI is InChI=1S/C6H12N2O.C2HF3O2/c7-5(9)6(8)3-1-2-4-6;3-2(4,5)1(6)7/h1-4,8H2,(H2,7,9);(H,6,7). The topological polar surface area (TPSA) is 106 Å². The van der Waals surface area contributed by atoms with Crippen LogP contribution < -0.4 is 11.5 Å². The molecule has 0 aromatic carbocycles. The molecule has 0 spiro atoms. The lowest BCUT2D eigenvalue weighted by atomic mass is 9.99. The quantitative estimate of drug-likeness (QED) is 0.617. The first-order valence-electron chi connectivity index (χ1n) is 4.48. The van der Waals surface area contributed by atoms with Gasteiger partial charge in [0.2, 0.25) is 5.91 Å². The summed E-state index contributed by atoms with van der Waals surface area (Å²) < 4.78 is 31.7. The third-order valence-electron chi connectivity index (χ3n) is 2.23. The fraction of sp³-hybridized carbons (Fsp3) is 0.750. The average molecular weight is 242 g/mol. The van der Waals surface area contributed by atoms with Crippen molar-refractivity contribution in [3.05, 3.63) is 0 Å². The van der Waals surface area contributed by atoms with Gasteiger partial charge < -0.3 is 16.6 Å². The van der Waals surface area contributed by atoms with E-state index in [9.17, 15) is 18.0 Å². The van der Waals surface area contributed by atoms with Crippen LogP contribution in [-0.4, -0.2) is 28.7 Å². The molecule has 5 nitrogen and oxygen atoms in total. The lowest BCUT2D eigenvalue weighted by Gasteiger charge is -2.17. The van der Waals surface area contributed by atoms with E-state index >= 15 is 0 Å². The van der Waals surface area contributed by atoms with Gasteiger partial charge in [-0.3, -0.25) is 4.79 Å². The van der Waals surface area contributed by atoms with Crippen molar-refractivity contribution in [3.8, 4) is 0 Å². The molecule has 0 aromatic rings. The van der Waals surface area contributed by atoms with E-state index in [0.717, 1.165) is 25.7 Å². The SMILES string of the molecule is NC(=O)C1(N)CCCC1.O=C(O)C(F)(F)F. The molecular weight excluding hydrogens is 229 g/mol. The number of amides is 1. The molecule has 1 aliphatic rings. The predicted octanol–water partition coefficient (Wildman–Crippen LogP) is 0.376. The highest BCUT2D eigenvalue weighted by atomic mass is 19.4. The molecule has 1 saturated carbocycles. The number of hydrogen-bond donors (Lipinski definition) is 3. The van der Waals surface area contributed by atoms with E-state index in [1.165, 1.54) is 0 Å². The first kappa shape index (κ1) is 14.7. The summed E-state index contributed by atoms with van der Waals surface area (Å²) in [6.07, 6.45) is -1.47. The molecule has 0 radical (unpaired) electrons. The van der Waals surface area contributed by atoms with Gasteiger partial charge in [0.15, 0.2) is 0 Å². The second-order valence-electron chi connectivity index (χ2n) is 3.53. The third-order valence-corrected chi connectivity index (χ3v) is 2.23. The lowest BCUT2D eigenvalue weighted by Crippen LogP contribution is -2.49. The van der Waals surface area contributed by atoms with Crippen LogP contribution >= 0.6 is 0 Å². The van der Waals surface area contributed by atoms with E-state index in [2.05, 4.69) is 0 Å². The third kappa shape index (κ3) is 4.47. The van der Waals surface area contributed by atoms with Gasteiger partial charge in [0.25, 0.3) is 0 Å². The fourth-order valence-electron chi connectivity index (χ4n) is 1.25. The maximum Gasteiger partial charge on any atom is 0.490 e. The molecule has 0 atom stereocenters. The van der Waals surface area contributed by atoms with Crippen molar-refractivity contribution < 1.29 is 27.9 Å². The normalized spacial score (nSPS) is 18.5. The van der Waals surface area contributed by atoms with Gasteiger partial charge in [-0.15, -0.1) is 0 Å². The minimum atomic E-state index is -5.08. The molecule has 0 saturated heterocycles. The number of carbonyl (C=O) groups is 2. The Morgan fingerprint density at radius 2 is 1.50 bits per heavy atom. The largest absolute Gasteiger partial charge is 0.490 e. The smallest absolute Gasteiger partial charge is 0.475 e. The van der Waals surface area contributed by atoms with Crippen LogP contribution in [0.4, 0.5) is 13.2 Å². The average Bonchev–Trinajstić information content (AvgIpc) is 2.52. The van der Waals surface area contributed by atoms with E-state index in [-0.39, 0.29) is 5.91 Å². The zero-order valence-electron chi connectivity index (χ0n) is 8.38. The van der Waals surface area contributed by atoms with Gasteiger partial charge in [-0.1, -0.05) is 12.8 Å². The van der Waals surface area contributed by atoms with Crippen molar-refractivity contribution in [1.82, 2.24) is 0 Å². The van der Waals surface area contributed by atoms with Crippen LogP contribution in [0.1, 0.15) is 25.7 Å². The Morgan fingerprint density at radius 1 is 1.19 bits per heavy atom. The second kappa shape index (κ2) is 5.15. The zero-order valence-corrected chi connectivity index (χ0v) is 8.38. The summed E-state index contributed by atoms with van der Waals surface area (Å²) in [5, 5.41) is 7.12. The van der Waals surface area contributed by atoms with Gasteiger partial charge >= 0.3 is 12.1 Å². The van der Waals surface area contributed by atoms with Gasteiger partial charge in [-0.05, 0) is 12.8 Å². The van der Waals surface area contributed by atoms with Crippen LogP contribution in [-0.2, 0) is 9.59 Å². The van der Waals surface area contributed by atoms with Gasteiger partial charge in [0, 0.05) is 0 Å². The first-order chi connectivity index (χ1) is 7.09. The molecule has 1 rings (SSSR count). The number of aliphatic carboxylic acids is 1. The summed E-state index contributed by atoms with van der Waals surface area (Å²) in [6.45, 7) is 0. The summed E-state index contributed by atoms with van der Waals surface area (Å²) in [7, 11) is 0. The molecule has 0 aromatic heterocycles. The number of carboxylic acids is 1. The maximum atomic E-state index is 10.6. The highest BCUT2D eigenvalue weighted by Crippen LogP contribution is 2.26. The van der Waals surface area contributed by atoms with Crippen LogP contribution in [0, 0.1) is 0 Å². The molecule has 0 aliphatic heterocycles. The highest BCUT2D eigenvalue weighted by Gasteiger charge is 2.38. The number of primary amides is 1. The summed E-state index contributed by atoms with van der Waals surface area (Å²) >= 11 is 0. The summed E-state index contributed by atoms with van der Waals surface area (Å²) in [4.78, 5) is 19.5. The Bertz CT molecular complexity index is 272. The van der Waals surface area contributed by atoms with Crippen molar-refractivity contribution in [2.75, 3.05) is 0 Å². The molecule has 0 bridgehead atoms. The molecule has 1 aliphatic carbocycles. The number of carbonyl (C=O) groups excluding carboxylic acids is 1. The van der Waals surface area contributed by atoms with Crippen molar-refractivity contribution in [2.45, 2.75) is 37.4 Å². The number of hydrogen-bond acceptors (Lipinski definition) is 3. The van der Waals surface area contributed by atoms with Crippen molar-refractivity contribution in [3.63, 3.8) is 0 Å². The molecule has 0 unspecified atom stereocenters. The van der Waals surface area contributed by atoms with E-state index in [1.807, 2.05) is 0 Å². The van der Waals surface area contributed by atoms with Crippen LogP contribution in [0.25, 0.3) is 0 Å². The Hall–Kier alpha value is -1.31. The van der Waals surface area contributed by atoms with Crippen molar-refractivity contribution >= 4 is 11.9 Å². The summed E-state index contributed by atoms with van der Waals surface area (Å²) in [5.74, 6) is -3.10. The lowest BCUT2D eigenvalue weighted by molar-refractivity contribution is -0.192. The minimum absolute atomic E-state index is 0.347. The number of nitrogens with two attached hydrogens (primary N) is 2. The highest BCUT2D eigenvalue weighted by molar-refractivity contribution is 5.84. The summed E-state index contributed by atoms with van der Waals surface area (Å²) in [6, 6.07) is 0. The number of alkyl halides is 3. The predicted molar refractivity (Wildman–Crippen MR) is 48.3 cm³/mol. The van der Waals surface area contributed by atoms with Gasteiger partial charge in [-0.25, -0.2) is 4.79 Å². The van der Waals surface area contributed by atoms with Crippen LogP contribution in [0.15, 0.2) is 0 Å². The number of halogens is 3. The van der Waals surface area contributed by atoms with E-state index in [0.29, 0.717) is 0 Å². The molecule has 94 valence electrons. The minimum Gasteiger partial charge on any atom is -0.475 e. The Morgan fingerprint density at radius 3 is 1.62 bits per heavy atom. The van der Waals surface area contributed by atoms with Gasteiger partial charge in [-0.2, -0.15) is 13.2 Å². The summed E-state index contributed by atoms with van der Waals surface area (Å²) in [5.41, 5.74) is 10.0. The van der Waals surface area contributed by atoms with Gasteiger partial charge in [0.1, 0.15) is 0 Å². The molecular formula is C8H13F3N2O3. The van der Waals surface area contributed by atoms with Gasteiger partial charge in [0.05, 0.1) is 5.54 Å². The Labute approximate surface area is 89.6 Å². The van der Waals surface area contributed by atoms with E-state index < -0.39 is 17.7 Å². The first-order valence-corrected chi connectivity index (χ1v) is 4.48. The van der Waals surface area contributed by atoms with Crippen molar-refractivity contribution in [1.29, 1.82) is 0 Å². The molecule has 16 heavy (non-hydrogen) atoms. The van der Waals surface area contributed by atoms with Crippen LogP contribution in [0.5, 0.6) is 0 Å². The number of carboxylic acid groups (broad SMARTS) is 1. The molecule has 1 fully saturated rings. The second-order valence-corrected chi connectivity index (χ2v) is 3.53. The van der Waals surface area contributed by atoms with Crippen molar-refractivity contribution in [2.24, 2.45) is 11.5 Å². The molecule has 8 heteroatoms. The number of rotatable bonds is 1.